The molecule has 0 radical (unpaired) electrons. The lowest BCUT2D eigenvalue weighted by Gasteiger charge is -2.26. The summed E-state index contributed by atoms with van der Waals surface area (Å²) in [7, 11) is 0. The number of rotatable bonds is 13. The largest absolute Gasteiger partial charge is 0.480 e. The quantitative estimate of drug-likeness (QED) is 0.168. The second kappa shape index (κ2) is 13.1. The molecule has 11 nitrogen and oxygen atoms in total. The zero-order valence-corrected chi connectivity index (χ0v) is 17.5. The number of hydrogen-bond acceptors (Lipinski definition) is 7. The number of carbonyl (C=O) groups excluding carboxylic acids is 3. The van der Waals surface area contributed by atoms with Crippen molar-refractivity contribution in [2.24, 2.45) is 17.4 Å². The highest BCUT2D eigenvalue weighted by Gasteiger charge is 2.32. The molecule has 0 bridgehead atoms. The first-order valence-electron chi connectivity index (χ1n) is 9.69. The first-order chi connectivity index (χ1) is 13.4. The average Bonchev–Trinajstić information content (AvgIpc) is 2.62. The highest BCUT2D eigenvalue weighted by Crippen LogP contribution is 2.05. The highest BCUT2D eigenvalue weighted by molar-refractivity contribution is 5.94. The molecule has 0 aromatic heterocycles. The van der Waals surface area contributed by atoms with Crippen LogP contribution in [0.25, 0.3) is 0 Å². The monoisotopic (exact) mass is 417 g/mol. The van der Waals surface area contributed by atoms with Gasteiger partial charge in [0.2, 0.25) is 17.7 Å². The van der Waals surface area contributed by atoms with Crippen molar-refractivity contribution in [3.8, 4) is 0 Å². The van der Waals surface area contributed by atoms with Gasteiger partial charge >= 0.3 is 5.97 Å². The maximum atomic E-state index is 12.4. The van der Waals surface area contributed by atoms with E-state index in [0.29, 0.717) is 19.4 Å². The molecule has 0 heterocycles. The predicted octanol–water partition coefficient (Wildman–Crippen LogP) is -1.96. The molecule has 5 atom stereocenters. The molecule has 0 aliphatic carbocycles. The first kappa shape index (κ1) is 26.8. The highest BCUT2D eigenvalue weighted by atomic mass is 16.4. The standard InChI is InChI=1S/C18H35N5O6/c1-9(2)13(17(27)23-14(11(4)24)18(28)29)22-15(25)10(3)21-16(26)12(20)7-5-6-8-19/h9-14,24H,5-8,19-20H2,1-4H3,(H,21,26)(H,22,25)(H,23,27)(H,28,29). The number of unbranched alkanes of at least 4 members (excludes halogenated alkanes) is 1. The van der Waals surface area contributed by atoms with Gasteiger partial charge in [-0.3, -0.25) is 14.4 Å². The van der Waals surface area contributed by atoms with Crippen molar-refractivity contribution >= 4 is 23.7 Å². The summed E-state index contributed by atoms with van der Waals surface area (Å²) in [5.74, 6) is -3.63. The van der Waals surface area contributed by atoms with Crippen molar-refractivity contribution in [1.29, 1.82) is 0 Å². The van der Waals surface area contributed by atoms with Crippen molar-refractivity contribution in [3.63, 3.8) is 0 Å². The summed E-state index contributed by atoms with van der Waals surface area (Å²) in [6.07, 6.45) is 0.546. The Morgan fingerprint density at radius 1 is 0.862 bits per heavy atom. The molecule has 0 fully saturated rings. The van der Waals surface area contributed by atoms with Crippen molar-refractivity contribution in [1.82, 2.24) is 16.0 Å². The van der Waals surface area contributed by atoms with Crippen LogP contribution >= 0.6 is 0 Å². The molecule has 0 saturated heterocycles. The van der Waals surface area contributed by atoms with E-state index >= 15 is 0 Å². The van der Waals surface area contributed by atoms with E-state index in [-0.39, 0.29) is 5.92 Å². The summed E-state index contributed by atoms with van der Waals surface area (Å²) in [5, 5.41) is 25.8. The van der Waals surface area contributed by atoms with Crippen LogP contribution in [0.5, 0.6) is 0 Å². The molecule has 0 aliphatic rings. The van der Waals surface area contributed by atoms with Crippen molar-refractivity contribution in [2.75, 3.05) is 6.54 Å². The summed E-state index contributed by atoms with van der Waals surface area (Å²) in [4.78, 5) is 48.1. The number of carboxylic acids is 1. The lowest BCUT2D eigenvalue weighted by Crippen LogP contribution is -2.59. The van der Waals surface area contributed by atoms with E-state index in [4.69, 9.17) is 16.6 Å². The zero-order chi connectivity index (χ0) is 22.7. The first-order valence-corrected chi connectivity index (χ1v) is 9.69. The fraction of sp³-hybridized carbons (Fsp3) is 0.778. The summed E-state index contributed by atoms with van der Waals surface area (Å²) >= 11 is 0. The van der Waals surface area contributed by atoms with Crippen LogP contribution in [0, 0.1) is 5.92 Å². The Morgan fingerprint density at radius 3 is 1.86 bits per heavy atom. The van der Waals surface area contributed by atoms with Crippen LogP contribution in [0.3, 0.4) is 0 Å². The zero-order valence-electron chi connectivity index (χ0n) is 17.5. The third kappa shape index (κ3) is 9.68. The molecule has 9 N–H and O–H groups in total. The van der Waals surface area contributed by atoms with Gasteiger partial charge in [0.25, 0.3) is 0 Å². The van der Waals surface area contributed by atoms with Crippen LogP contribution in [0.1, 0.15) is 47.0 Å². The fourth-order valence-electron chi connectivity index (χ4n) is 2.47. The Labute approximate surface area is 171 Å². The van der Waals surface area contributed by atoms with E-state index in [1.807, 2.05) is 0 Å². The average molecular weight is 418 g/mol. The number of carbonyl (C=O) groups is 4. The Bertz CT molecular complexity index is 569. The van der Waals surface area contributed by atoms with Crippen LogP contribution in [0.2, 0.25) is 0 Å². The number of aliphatic carboxylic acids is 1. The molecule has 11 heteroatoms. The Kier molecular flexibility index (Phi) is 12.1. The smallest absolute Gasteiger partial charge is 0.328 e. The normalized spacial score (nSPS) is 16.3. The number of nitrogens with one attached hydrogen (secondary N) is 3. The summed E-state index contributed by atoms with van der Waals surface area (Å²) in [5.41, 5.74) is 11.2. The molecule has 0 aliphatic heterocycles. The van der Waals surface area contributed by atoms with Gasteiger partial charge in [-0.1, -0.05) is 20.3 Å². The number of amides is 3. The van der Waals surface area contributed by atoms with Gasteiger partial charge < -0.3 is 37.6 Å². The Hall–Kier alpha value is -2.24. The number of hydrogen-bond donors (Lipinski definition) is 7. The third-order valence-corrected chi connectivity index (χ3v) is 4.35. The SMILES string of the molecule is CC(NC(=O)C(N)CCCCN)C(=O)NC(C(=O)NC(C(=O)O)C(C)O)C(C)C. The predicted molar refractivity (Wildman–Crippen MR) is 107 cm³/mol. The minimum Gasteiger partial charge on any atom is -0.480 e. The Morgan fingerprint density at radius 2 is 1.41 bits per heavy atom. The van der Waals surface area contributed by atoms with Crippen molar-refractivity contribution in [2.45, 2.75) is 77.2 Å². The second-order valence-electron chi connectivity index (χ2n) is 7.42. The Balaban J connectivity index is 4.89. The molecule has 0 aromatic carbocycles. The molecule has 0 saturated carbocycles. The van der Waals surface area contributed by atoms with Gasteiger partial charge in [0.1, 0.15) is 12.1 Å². The van der Waals surface area contributed by atoms with Gasteiger partial charge in [0.05, 0.1) is 12.1 Å². The summed E-state index contributed by atoms with van der Waals surface area (Å²) in [6.45, 7) is 6.52. The molecular formula is C18H35N5O6. The minimum atomic E-state index is -1.51. The van der Waals surface area contributed by atoms with Gasteiger partial charge in [0.15, 0.2) is 6.04 Å². The maximum absolute atomic E-state index is 12.4. The lowest BCUT2D eigenvalue weighted by atomic mass is 10.0. The molecule has 3 amide bonds. The van der Waals surface area contributed by atoms with E-state index in [9.17, 15) is 24.3 Å². The molecule has 5 unspecified atom stereocenters. The number of carboxylic acid groups (broad SMARTS) is 1. The van der Waals surface area contributed by atoms with E-state index in [2.05, 4.69) is 16.0 Å². The van der Waals surface area contributed by atoms with E-state index in [1.165, 1.54) is 13.8 Å². The van der Waals surface area contributed by atoms with E-state index in [1.54, 1.807) is 13.8 Å². The number of aliphatic hydroxyl groups is 1. The van der Waals surface area contributed by atoms with Crippen LogP contribution in [-0.4, -0.2) is 70.7 Å². The molecule has 0 rings (SSSR count). The topological polar surface area (TPSA) is 197 Å². The summed E-state index contributed by atoms with van der Waals surface area (Å²) in [6, 6.07) is -4.29. The lowest BCUT2D eigenvalue weighted by molar-refractivity contribution is -0.145. The van der Waals surface area contributed by atoms with Gasteiger partial charge in [-0.15, -0.1) is 0 Å². The maximum Gasteiger partial charge on any atom is 0.328 e. The van der Waals surface area contributed by atoms with E-state index in [0.717, 1.165) is 6.42 Å². The number of nitrogens with two attached hydrogens (primary N) is 2. The molecular weight excluding hydrogens is 382 g/mol. The molecule has 0 aromatic rings. The van der Waals surface area contributed by atoms with Crippen LogP contribution < -0.4 is 27.4 Å². The fourth-order valence-corrected chi connectivity index (χ4v) is 2.47. The molecule has 0 spiro atoms. The van der Waals surface area contributed by atoms with Gasteiger partial charge in [0, 0.05) is 0 Å². The van der Waals surface area contributed by atoms with Gasteiger partial charge in [-0.05, 0) is 39.2 Å². The van der Waals surface area contributed by atoms with Gasteiger partial charge in [-0.2, -0.15) is 0 Å². The van der Waals surface area contributed by atoms with Crippen molar-refractivity contribution < 1.29 is 29.4 Å². The van der Waals surface area contributed by atoms with E-state index < -0.39 is 54.0 Å². The van der Waals surface area contributed by atoms with Crippen LogP contribution in [-0.2, 0) is 19.2 Å². The molecule has 168 valence electrons. The second-order valence-corrected chi connectivity index (χ2v) is 7.42. The third-order valence-electron chi connectivity index (χ3n) is 4.35. The van der Waals surface area contributed by atoms with Gasteiger partial charge in [-0.25, -0.2) is 4.79 Å². The molecule has 29 heavy (non-hydrogen) atoms. The van der Waals surface area contributed by atoms with Crippen molar-refractivity contribution in [3.05, 3.63) is 0 Å². The van der Waals surface area contributed by atoms with Crippen LogP contribution in [0.4, 0.5) is 0 Å². The number of aliphatic hydroxyl groups excluding tert-OH is 1. The minimum absolute atomic E-state index is 0.371. The summed E-state index contributed by atoms with van der Waals surface area (Å²) < 4.78 is 0. The van der Waals surface area contributed by atoms with Crippen LogP contribution in [0.15, 0.2) is 0 Å².